The normalized spacial score (nSPS) is 20.3. The molecule has 0 unspecified atom stereocenters. The number of fused-ring (bicyclic) bond motifs is 3. The van der Waals surface area contributed by atoms with Crippen LogP contribution in [0.15, 0.2) is 91.0 Å². The van der Waals surface area contributed by atoms with Crippen molar-refractivity contribution in [3.8, 4) is 11.1 Å². The highest BCUT2D eigenvalue weighted by atomic mass is 16.7. The molecule has 0 saturated carbocycles. The van der Waals surface area contributed by atoms with Gasteiger partial charge in [0.25, 0.3) is 0 Å². The van der Waals surface area contributed by atoms with Crippen LogP contribution in [0.25, 0.3) is 11.1 Å². The minimum atomic E-state index is -1.41. The standard InChI is InChI=1S/C42H45NO14/c1-25(44)51-24-36-37(54-26(2)45)38(55-27(3)46)39(56-28(4)47)41(57-36)50-21-13-12-20-35(40(48)52-22-29-14-6-5-7-15-29)43-42(49)53-23-34-32-18-10-8-16-30(32)31-17-9-11-19-33(31)34/h5-19,34-39,41H,20-24H2,1-4H3,(H,43,49)/b13-12+/t35-,36+,37-,38-,39+,41-/m0/s1. The summed E-state index contributed by atoms with van der Waals surface area (Å²) in [6.45, 7) is 3.91. The summed E-state index contributed by atoms with van der Waals surface area (Å²) < 4.78 is 44.4. The number of esters is 5. The molecule has 1 heterocycles. The lowest BCUT2D eigenvalue weighted by Gasteiger charge is -2.43. The van der Waals surface area contributed by atoms with E-state index in [2.05, 4.69) is 5.32 Å². The molecule has 1 aliphatic heterocycles. The highest BCUT2D eigenvalue weighted by molar-refractivity contribution is 5.82. The average Bonchev–Trinajstić information content (AvgIpc) is 3.50. The lowest BCUT2D eigenvalue weighted by atomic mass is 9.98. The predicted molar refractivity (Wildman–Crippen MR) is 200 cm³/mol. The molecule has 1 aliphatic carbocycles. The van der Waals surface area contributed by atoms with E-state index in [4.69, 9.17) is 37.9 Å². The number of carbonyl (C=O) groups excluding carboxylic acids is 6. The van der Waals surface area contributed by atoms with Crippen molar-refractivity contribution in [3.63, 3.8) is 0 Å². The Bertz CT molecular complexity index is 1880. The van der Waals surface area contributed by atoms with Gasteiger partial charge >= 0.3 is 35.9 Å². The third-order valence-electron chi connectivity index (χ3n) is 8.99. The SMILES string of the molecule is CC(=O)OC[C@H]1O[C@H](OC/C=C/C[C@H](NC(=O)OCC2c3ccccc3-c3ccccc32)C(=O)OCc2ccccc2)[C@H](OC(C)=O)[C@@H](OC(C)=O)[C@H]1OC(C)=O. The highest BCUT2D eigenvalue weighted by Gasteiger charge is 2.52. The number of carbonyl (C=O) groups is 6. The summed E-state index contributed by atoms with van der Waals surface area (Å²) in [5.74, 6) is -3.88. The maximum Gasteiger partial charge on any atom is 0.407 e. The van der Waals surface area contributed by atoms with Gasteiger partial charge in [0.1, 0.15) is 32.0 Å². The van der Waals surface area contributed by atoms with Crippen LogP contribution in [0.2, 0.25) is 0 Å². The summed E-state index contributed by atoms with van der Waals surface area (Å²) in [6, 6.07) is 23.7. The van der Waals surface area contributed by atoms with Crippen LogP contribution in [0.3, 0.4) is 0 Å². The van der Waals surface area contributed by atoms with Crippen LogP contribution in [0.5, 0.6) is 0 Å². The Morgan fingerprint density at radius 3 is 1.84 bits per heavy atom. The van der Waals surface area contributed by atoms with Crippen LogP contribution in [0, 0.1) is 0 Å². The zero-order valence-electron chi connectivity index (χ0n) is 32.0. The first-order valence-corrected chi connectivity index (χ1v) is 18.3. The van der Waals surface area contributed by atoms with Gasteiger partial charge in [-0.15, -0.1) is 0 Å². The molecule has 3 aromatic carbocycles. The summed E-state index contributed by atoms with van der Waals surface area (Å²) in [5, 5.41) is 2.63. The molecule has 1 amide bonds. The summed E-state index contributed by atoms with van der Waals surface area (Å²) in [4.78, 5) is 74.4. The molecule has 15 heteroatoms. The molecular weight excluding hydrogens is 742 g/mol. The number of rotatable bonds is 16. The van der Waals surface area contributed by atoms with E-state index >= 15 is 0 Å². The van der Waals surface area contributed by atoms with E-state index in [1.165, 1.54) is 13.0 Å². The Morgan fingerprint density at radius 1 is 0.649 bits per heavy atom. The van der Waals surface area contributed by atoms with Gasteiger partial charge in [-0.05, 0) is 34.2 Å². The smallest absolute Gasteiger partial charge is 0.407 e. The van der Waals surface area contributed by atoms with Crippen molar-refractivity contribution >= 4 is 35.9 Å². The Balaban J connectivity index is 1.26. The van der Waals surface area contributed by atoms with Gasteiger partial charge in [-0.2, -0.15) is 0 Å². The molecule has 1 fully saturated rings. The van der Waals surface area contributed by atoms with E-state index in [9.17, 15) is 28.8 Å². The van der Waals surface area contributed by atoms with Gasteiger partial charge in [0.05, 0.1) is 6.61 Å². The molecule has 5 rings (SSSR count). The summed E-state index contributed by atoms with van der Waals surface area (Å²) in [7, 11) is 0. The molecule has 0 radical (unpaired) electrons. The fourth-order valence-corrected chi connectivity index (χ4v) is 6.60. The van der Waals surface area contributed by atoms with Crippen molar-refractivity contribution in [3.05, 3.63) is 108 Å². The Morgan fingerprint density at radius 2 is 1.23 bits per heavy atom. The van der Waals surface area contributed by atoms with Crippen LogP contribution < -0.4 is 5.32 Å². The highest BCUT2D eigenvalue weighted by Crippen LogP contribution is 2.44. The molecule has 0 bridgehead atoms. The third-order valence-corrected chi connectivity index (χ3v) is 8.99. The second kappa shape index (κ2) is 20.2. The zero-order chi connectivity index (χ0) is 40.9. The molecule has 1 N–H and O–H groups in total. The first-order chi connectivity index (χ1) is 27.4. The fourth-order valence-electron chi connectivity index (χ4n) is 6.60. The van der Waals surface area contributed by atoms with Gasteiger partial charge in [-0.25, -0.2) is 9.59 Å². The number of hydrogen-bond acceptors (Lipinski definition) is 14. The largest absolute Gasteiger partial charge is 0.463 e. The van der Waals surface area contributed by atoms with Crippen molar-refractivity contribution in [1.29, 1.82) is 0 Å². The van der Waals surface area contributed by atoms with E-state index in [0.29, 0.717) is 0 Å². The van der Waals surface area contributed by atoms with E-state index in [1.54, 1.807) is 18.2 Å². The van der Waals surface area contributed by atoms with Gasteiger partial charge in [-0.1, -0.05) is 91.0 Å². The fraction of sp³-hybridized carbons (Fsp3) is 0.381. The van der Waals surface area contributed by atoms with E-state index in [0.717, 1.165) is 48.6 Å². The Hall–Kier alpha value is -6.06. The van der Waals surface area contributed by atoms with E-state index in [1.807, 2.05) is 66.7 Å². The summed E-state index contributed by atoms with van der Waals surface area (Å²) in [5.41, 5.74) is 4.95. The zero-order valence-corrected chi connectivity index (χ0v) is 32.0. The summed E-state index contributed by atoms with van der Waals surface area (Å²) >= 11 is 0. The lowest BCUT2D eigenvalue weighted by Crippen LogP contribution is -2.62. The minimum absolute atomic E-state index is 0.0295. The maximum atomic E-state index is 13.3. The van der Waals surface area contributed by atoms with Crippen LogP contribution >= 0.6 is 0 Å². The van der Waals surface area contributed by atoms with Crippen LogP contribution in [-0.2, 0) is 68.5 Å². The first kappa shape index (κ1) is 42.1. The van der Waals surface area contributed by atoms with Crippen LogP contribution in [0.1, 0.15) is 56.7 Å². The monoisotopic (exact) mass is 787 g/mol. The minimum Gasteiger partial charge on any atom is -0.463 e. The molecule has 0 spiro atoms. The van der Waals surface area contributed by atoms with Gasteiger partial charge in [0.2, 0.25) is 0 Å². The van der Waals surface area contributed by atoms with Gasteiger partial charge in [-0.3, -0.25) is 19.2 Å². The molecule has 6 atom stereocenters. The quantitative estimate of drug-likeness (QED) is 0.120. The van der Waals surface area contributed by atoms with Crippen molar-refractivity contribution in [2.24, 2.45) is 0 Å². The second-order valence-corrected chi connectivity index (χ2v) is 13.2. The number of amides is 1. The van der Waals surface area contributed by atoms with Gasteiger partial charge in [0, 0.05) is 33.6 Å². The number of ether oxygens (including phenoxy) is 8. The van der Waals surface area contributed by atoms with Gasteiger partial charge in [0.15, 0.2) is 24.6 Å². The molecule has 3 aromatic rings. The average molecular weight is 788 g/mol. The number of benzene rings is 3. The van der Waals surface area contributed by atoms with E-state index in [-0.39, 0.29) is 32.2 Å². The van der Waals surface area contributed by atoms with Crippen molar-refractivity contribution < 1.29 is 66.7 Å². The maximum absolute atomic E-state index is 13.3. The predicted octanol–water partition coefficient (Wildman–Crippen LogP) is 4.68. The molecule has 15 nitrogen and oxygen atoms in total. The van der Waals surface area contributed by atoms with Crippen LogP contribution in [0.4, 0.5) is 4.79 Å². The first-order valence-electron chi connectivity index (χ1n) is 18.3. The number of hydrogen-bond donors (Lipinski definition) is 1. The van der Waals surface area contributed by atoms with Gasteiger partial charge < -0.3 is 43.2 Å². The molecule has 302 valence electrons. The number of nitrogens with one attached hydrogen (secondary N) is 1. The van der Waals surface area contributed by atoms with Crippen molar-refractivity contribution in [2.75, 3.05) is 19.8 Å². The second-order valence-electron chi connectivity index (χ2n) is 13.2. The molecule has 1 saturated heterocycles. The topological polar surface area (TPSA) is 188 Å². The lowest BCUT2D eigenvalue weighted by molar-refractivity contribution is -0.305. The van der Waals surface area contributed by atoms with Crippen molar-refractivity contribution in [2.45, 2.75) is 83.4 Å². The van der Waals surface area contributed by atoms with E-state index < -0.39 is 79.3 Å². The molecule has 2 aliphatic rings. The molecule has 0 aromatic heterocycles. The van der Waals surface area contributed by atoms with Crippen molar-refractivity contribution in [1.82, 2.24) is 5.32 Å². The third kappa shape index (κ3) is 11.7. The molecular formula is C42H45NO14. The van der Waals surface area contributed by atoms with Crippen LogP contribution in [-0.4, -0.2) is 92.5 Å². The summed E-state index contributed by atoms with van der Waals surface area (Å²) in [6.07, 6.45) is -4.52. The molecule has 57 heavy (non-hydrogen) atoms. The Labute approximate surface area is 329 Å². The number of alkyl carbamates (subject to hydrolysis) is 1. The Kier molecular flexibility index (Phi) is 14.9.